The summed E-state index contributed by atoms with van der Waals surface area (Å²) in [5.74, 6) is 0.196. The van der Waals surface area contributed by atoms with E-state index in [9.17, 15) is 8.42 Å². The Labute approximate surface area is 115 Å². The molecule has 2 aliphatic rings. The van der Waals surface area contributed by atoms with Crippen molar-refractivity contribution in [1.29, 1.82) is 0 Å². The van der Waals surface area contributed by atoms with Crippen molar-refractivity contribution in [2.24, 2.45) is 0 Å². The van der Waals surface area contributed by atoms with Gasteiger partial charge in [-0.15, -0.1) is 0 Å². The zero-order chi connectivity index (χ0) is 13.5. The molecule has 19 heavy (non-hydrogen) atoms. The monoisotopic (exact) mass is 280 g/mol. The molecule has 0 bridgehead atoms. The van der Waals surface area contributed by atoms with E-state index < -0.39 is 10.0 Å². The van der Waals surface area contributed by atoms with Crippen molar-refractivity contribution in [1.82, 2.24) is 9.21 Å². The number of sulfonamides is 1. The summed E-state index contributed by atoms with van der Waals surface area (Å²) >= 11 is 0. The molecule has 0 aromatic heterocycles. The van der Waals surface area contributed by atoms with Gasteiger partial charge in [-0.2, -0.15) is 4.31 Å². The van der Waals surface area contributed by atoms with Gasteiger partial charge < -0.3 is 0 Å². The number of benzene rings is 1. The molecule has 1 atom stereocenters. The molecule has 4 nitrogen and oxygen atoms in total. The van der Waals surface area contributed by atoms with Crippen molar-refractivity contribution >= 4 is 10.0 Å². The highest BCUT2D eigenvalue weighted by molar-refractivity contribution is 7.89. The minimum atomic E-state index is -3.07. The molecule has 2 aliphatic heterocycles. The van der Waals surface area contributed by atoms with Gasteiger partial charge in [0.15, 0.2) is 0 Å². The van der Waals surface area contributed by atoms with Crippen LogP contribution in [0.5, 0.6) is 0 Å². The van der Waals surface area contributed by atoms with E-state index in [1.165, 1.54) is 11.1 Å². The van der Waals surface area contributed by atoms with E-state index in [4.69, 9.17) is 0 Å². The van der Waals surface area contributed by atoms with Crippen molar-refractivity contribution in [2.45, 2.75) is 19.4 Å². The molecule has 0 aliphatic carbocycles. The Kier molecular flexibility index (Phi) is 3.37. The molecule has 3 rings (SSSR count). The second-order valence-electron chi connectivity index (χ2n) is 5.26. The predicted molar refractivity (Wildman–Crippen MR) is 75.5 cm³/mol. The summed E-state index contributed by atoms with van der Waals surface area (Å²) in [6, 6.07) is 8.67. The lowest BCUT2D eigenvalue weighted by molar-refractivity contribution is 0.109. The lowest BCUT2D eigenvalue weighted by Crippen LogP contribution is -2.52. The van der Waals surface area contributed by atoms with Crippen LogP contribution in [0.3, 0.4) is 0 Å². The third-order valence-corrected chi connectivity index (χ3v) is 6.14. The molecular formula is C14H20N2O2S. The predicted octanol–water partition coefficient (Wildman–Crippen LogP) is 1.25. The first-order chi connectivity index (χ1) is 9.12. The normalized spacial score (nSPS) is 24.8. The van der Waals surface area contributed by atoms with Crippen LogP contribution >= 0.6 is 0 Å². The molecule has 1 fully saturated rings. The molecule has 104 valence electrons. The highest BCUT2D eigenvalue weighted by atomic mass is 32.2. The fraction of sp³-hybridized carbons (Fsp3) is 0.571. The third kappa shape index (κ3) is 2.30. The average Bonchev–Trinajstić information content (AvgIpc) is 2.46. The molecule has 1 saturated heterocycles. The Hall–Kier alpha value is -0.910. The molecule has 0 spiro atoms. The van der Waals surface area contributed by atoms with Crippen LogP contribution in [-0.4, -0.2) is 49.6 Å². The zero-order valence-corrected chi connectivity index (χ0v) is 12.1. The second-order valence-corrected chi connectivity index (χ2v) is 7.52. The second kappa shape index (κ2) is 4.89. The first-order valence-corrected chi connectivity index (χ1v) is 8.52. The number of hydrogen-bond donors (Lipinski definition) is 0. The highest BCUT2D eigenvalue weighted by Gasteiger charge is 2.35. The molecule has 0 N–H and O–H groups in total. The van der Waals surface area contributed by atoms with E-state index in [0.29, 0.717) is 13.1 Å². The van der Waals surface area contributed by atoms with Gasteiger partial charge in [-0.25, -0.2) is 8.42 Å². The lowest BCUT2D eigenvalue weighted by Gasteiger charge is -2.44. The number of nitrogens with zero attached hydrogens (tertiary/aromatic N) is 2. The van der Waals surface area contributed by atoms with Gasteiger partial charge in [0, 0.05) is 32.2 Å². The molecule has 2 heterocycles. The number of piperazine rings is 1. The van der Waals surface area contributed by atoms with Gasteiger partial charge in [-0.1, -0.05) is 24.3 Å². The average molecular weight is 280 g/mol. The maximum atomic E-state index is 12.0. The van der Waals surface area contributed by atoms with E-state index in [0.717, 1.165) is 19.5 Å². The van der Waals surface area contributed by atoms with Crippen molar-refractivity contribution in [3.8, 4) is 0 Å². The molecule has 1 aromatic rings. The summed E-state index contributed by atoms with van der Waals surface area (Å²) in [6.07, 6.45) is 1.08. The maximum absolute atomic E-state index is 12.0. The topological polar surface area (TPSA) is 40.6 Å². The standard InChI is InChI=1S/C14H20N2O2S/c1-2-19(17,18)16-10-9-15-8-7-12-5-3-4-6-13(12)14(15)11-16/h3-6,14H,2,7-11H2,1H3. The zero-order valence-electron chi connectivity index (χ0n) is 11.2. The van der Waals surface area contributed by atoms with Crippen LogP contribution in [0, 0.1) is 0 Å². The van der Waals surface area contributed by atoms with Crippen LogP contribution < -0.4 is 0 Å². The van der Waals surface area contributed by atoms with Gasteiger partial charge in [0.25, 0.3) is 0 Å². The highest BCUT2D eigenvalue weighted by Crippen LogP contribution is 2.33. The smallest absolute Gasteiger partial charge is 0.213 e. The molecule has 0 radical (unpaired) electrons. The summed E-state index contributed by atoms with van der Waals surface area (Å²) in [5.41, 5.74) is 2.68. The maximum Gasteiger partial charge on any atom is 0.213 e. The van der Waals surface area contributed by atoms with E-state index in [1.54, 1.807) is 11.2 Å². The minimum Gasteiger partial charge on any atom is -0.293 e. The van der Waals surface area contributed by atoms with Gasteiger partial charge in [0.2, 0.25) is 10.0 Å². The van der Waals surface area contributed by atoms with E-state index in [-0.39, 0.29) is 11.8 Å². The van der Waals surface area contributed by atoms with Crippen LogP contribution in [0.2, 0.25) is 0 Å². The molecule has 0 amide bonds. The van der Waals surface area contributed by atoms with Crippen LogP contribution in [0.25, 0.3) is 0 Å². The van der Waals surface area contributed by atoms with Gasteiger partial charge in [0.05, 0.1) is 5.75 Å². The van der Waals surface area contributed by atoms with Crippen molar-refractivity contribution in [3.63, 3.8) is 0 Å². The fourth-order valence-electron chi connectivity index (χ4n) is 3.14. The first-order valence-electron chi connectivity index (χ1n) is 6.91. The van der Waals surface area contributed by atoms with Crippen LogP contribution in [0.15, 0.2) is 24.3 Å². The fourth-order valence-corrected chi connectivity index (χ4v) is 4.24. The van der Waals surface area contributed by atoms with Gasteiger partial charge in [-0.3, -0.25) is 4.90 Å². The summed E-state index contributed by atoms with van der Waals surface area (Å²) in [4.78, 5) is 2.42. The summed E-state index contributed by atoms with van der Waals surface area (Å²) in [7, 11) is -3.07. The number of fused-ring (bicyclic) bond motifs is 3. The largest absolute Gasteiger partial charge is 0.293 e. The van der Waals surface area contributed by atoms with Crippen LogP contribution in [0.4, 0.5) is 0 Å². The molecule has 5 heteroatoms. The van der Waals surface area contributed by atoms with Crippen molar-refractivity contribution in [2.75, 3.05) is 31.9 Å². The Morgan fingerprint density at radius 1 is 1.21 bits per heavy atom. The first kappa shape index (κ1) is 13.1. The van der Waals surface area contributed by atoms with Gasteiger partial charge in [0.1, 0.15) is 0 Å². The van der Waals surface area contributed by atoms with E-state index >= 15 is 0 Å². The summed E-state index contributed by atoms with van der Waals surface area (Å²) in [6.45, 7) is 4.85. The molecule has 0 saturated carbocycles. The molecule has 1 aromatic carbocycles. The van der Waals surface area contributed by atoms with Gasteiger partial charge >= 0.3 is 0 Å². The minimum absolute atomic E-state index is 0.196. The Bertz CT molecular complexity index is 571. The third-order valence-electron chi connectivity index (χ3n) is 4.29. The van der Waals surface area contributed by atoms with E-state index in [2.05, 4.69) is 29.2 Å². The van der Waals surface area contributed by atoms with Crippen molar-refractivity contribution in [3.05, 3.63) is 35.4 Å². The summed E-state index contributed by atoms with van der Waals surface area (Å²) in [5, 5.41) is 0. The number of hydrogen-bond acceptors (Lipinski definition) is 3. The quantitative estimate of drug-likeness (QED) is 0.818. The molecular weight excluding hydrogens is 260 g/mol. The Balaban J connectivity index is 1.90. The van der Waals surface area contributed by atoms with Crippen molar-refractivity contribution < 1.29 is 8.42 Å². The number of rotatable bonds is 2. The SMILES string of the molecule is CCS(=O)(=O)N1CCN2CCc3ccccc3C2C1. The lowest BCUT2D eigenvalue weighted by atomic mass is 9.91. The van der Waals surface area contributed by atoms with Crippen LogP contribution in [-0.2, 0) is 16.4 Å². The van der Waals surface area contributed by atoms with Crippen LogP contribution in [0.1, 0.15) is 24.1 Å². The summed E-state index contributed by atoms with van der Waals surface area (Å²) < 4.78 is 25.8. The van der Waals surface area contributed by atoms with Gasteiger partial charge in [-0.05, 0) is 24.5 Å². The van der Waals surface area contributed by atoms with E-state index in [1.807, 2.05) is 0 Å². The Morgan fingerprint density at radius 2 is 2.00 bits per heavy atom. The Morgan fingerprint density at radius 3 is 2.79 bits per heavy atom. The molecule has 1 unspecified atom stereocenters.